The van der Waals surface area contributed by atoms with Gasteiger partial charge in [0.05, 0.1) is 17.1 Å². The van der Waals surface area contributed by atoms with E-state index in [1.807, 2.05) is 67.6 Å². The molecule has 1 amide bonds. The van der Waals surface area contributed by atoms with Gasteiger partial charge in [-0.25, -0.2) is 0 Å². The Hall–Kier alpha value is -3.05. The first-order chi connectivity index (χ1) is 12.6. The maximum Gasteiger partial charge on any atom is 0.262 e. The molecular weight excluding hydrogens is 348 g/mol. The fourth-order valence-electron chi connectivity index (χ4n) is 2.57. The summed E-state index contributed by atoms with van der Waals surface area (Å²) in [5.74, 6) is -0.267. The van der Waals surface area contributed by atoms with Crippen molar-refractivity contribution in [2.75, 3.05) is 5.01 Å². The molecule has 2 aromatic carbocycles. The Morgan fingerprint density at radius 1 is 1.08 bits per heavy atom. The topological polar surface area (TPSA) is 50.2 Å². The van der Waals surface area contributed by atoms with Crippen LogP contribution in [0.4, 0.5) is 11.4 Å². The number of nitrogens with one attached hydrogen (secondary N) is 1. The number of para-hydroxylation sites is 2. The monoisotopic (exact) mass is 366 g/mol. The summed E-state index contributed by atoms with van der Waals surface area (Å²) in [4.78, 5) is 12.5. The van der Waals surface area contributed by atoms with Crippen LogP contribution < -0.4 is 10.4 Å². The third kappa shape index (κ3) is 3.95. The molecule has 0 aliphatic rings. The second-order valence-electron chi connectivity index (χ2n) is 5.73. The Bertz CT molecular complexity index is 880. The van der Waals surface area contributed by atoms with Crippen molar-refractivity contribution in [3.05, 3.63) is 83.2 Å². The minimum atomic E-state index is -0.267. The molecule has 0 radical (unpaired) electrons. The van der Waals surface area contributed by atoms with Crippen molar-refractivity contribution in [1.29, 1.82) is 0 Å². The fraction of sp³-hybridized carbons (Fsp3) is 0.100. The zero-order valence-corrected chi connectivity index (χ0v) is 15.3. The average Bonchev–Trinajstić information content (AvgIpc) is 2.91. The van der Waals surface area contributed by atoms with Crippen molar-refractivity contribution in [3.63, 3.8) is 0 Å². The highest BCUT2D eigenvalue weighted by Crippen LogP contribution is 2.23. The second kappa shape index (κ2) is 7.89. The predicted octanol–water partition coefficient (Wildman–Crippen LogP) is 4.26. The number of benzene rings is 2. The van der Waals surface area contributed by atoms with Crippen molar-refractivity contribution in [2.24, 2.45) is 7.05 Å². The lowest BCUT2D eigenvalue weighted by Crippen LogP contribution is -2.37. The first-order valence-corrected chi connectivity index (χ1v) is 8.52. The van der Waals surface area contributed by atoms with E-state index in [1.54, 1.807) is 22.8 Å². The predicted molar refractivity (Wildman–Crippen MR) is 105 cm³/mol. The number of hydrazine groups is 1. The molecule has 0 aliphatic carbocycles. The number of aryl methyl sites for hydroxylation is 2. The van der Waals surface area contributed by atoms with E-state index < -0.39 is 0 Å². The van der Waals surface area contributed by atoms with Crippen molar-refractivity contribution in [1.82, 2.24) is 15.2 Å². The Labute approximate surface area is 157 Å². The molecule has 0 spiro atoms. The standard InChI is InChI=1S/C20H19ClN4O/c1-15-18(20(21)24(2)22-15)13-14-19(26)23-25(16-9-5-3-6-10-16)17-11-7-4-8-12-17/h3-14H,1-2H3,(H,23,26)/b14-13-. The number of nitrogens with zero attached hydrogens (tertiary/aromatic N) is 3. The summed E-state index contributed by atoms with van der Waals surface area (Å²) >= 11 is 6.20. The molecule has 5 nitrogen and oxygen atoms in total. The molecule has 0 aliphatic heterocycles. The number of hydrogen-bond donors (Lipinski definition) is 1. The lowest BCUT2D eigenvalue weighted by Gasteiger charge is -2.24. The number of amides is 1. The molecule has 1 N–H and O–H groups in total. The number of anilines is 2. The summed E-state index contributed by atoms with van der Waals surface area (Å²) in [6, 6.07) is 19.3. The Morgan fingerprint density at radius 3 is 2.08 bits per heavy atom. The molecule has 0 saturated carbocycles. The Balaban J connectivity index is 1.83. The summed E-state index contributed by atoms with van der Waals surface area (Å²) in [6.45, 7) is 1.85. The van der Waals surface area contributed by atoms with Gasteiger partial charge in [0.25, 0.3) is 5.91 Å². The number of rotatable bonds is 5. The third-order valence-electron chi connectivity index (χ3n) is 3.85. The summed E-state index contributed by atoms with van der Waals surface area (Å²) in [5.41, 5.74) is 6.12. The molecule has 132 valence electrons. The second-order valence-corrected chi connectivity index (χ2v) is 6.09. The number of hydrogen-bond acceptors (Lipinski definition) is 3. The number of halogens is 1. The lowest BCUT2D eigenvalue weighted by molar-refractivity contribution is -0.116. The SMILES string of the molecule is Cc1nn(C)c(Cl)c1/C=C\C(=O)NN(c1ccccc1)c1ccccc1. The van der Waals surface area contributed by atoms with Gasteiger partial charge in [0.1, 0.15) is 5.15 Å². The van der Waals surface area contributed by atoms with Gasteiger partial charge in [-0.3, -0.25) is 19.9 Å². The Morgan fingerprint density at radius 2 is 1.62 bits per heavy atom. The van der Waals surface area contributed by atoms with E-state index >= 15 is 0 Å². The van der Waals surface area contributed by atoms with Crippen LogP contribution in [-0.4, -0.2) is 15.7 Å². The number of carbonyl (C=O) groups excluding carboxylic acids is 1. The van der Waals surface area contributed by atoms with Crippen LogP contribution in [0.2, 0.25) is 5.15 Å². The van der Waals surface area contributed by atoms with Crippen molar-refractivity contribution < 1.29 is 4.79 Å². The van der Waals surface area contributed by atoms with Gasteiger partial charge >= 0.3 is 0 Å². The summed E-state index contributed by atoms with van der Waals surface area (Å²) in [6.07, 6.45) is 3.13. The van der Waals surface area contributed by atoms with Crippen LogP contribution in [0.25, 0.3) is 6.08 Å². The average molecular weight is 367 g/mol. The smallest absolute Gasteiger partial charge is 0.262 e. The van der Waals surface area contributed by atoms with Crippen LogP contribution in [0.1, 0.15) is 11.3 Å². The maximum atomic E-state index is 12.5. The van der Waals surface area contributed by atoms with Crippen molar-refractivity contribution in [2.45, 2.75) is 6.92 Å². The largest absolute Gasteiger partial charge is 0.268 e. The quantitative estimate of drug-likeness (QED) is 0.542. The summed E-state index contributed by atoms with van der Waals surface area (Å²) in [7, 11) is 1.76. The Kier molecular flexibility index (Phi) is 5.39. The van der Waals surface area contributed by atoms with E-state index in [0.717, 1.165) is 22.6 Å². The molecule has 6 heteroatoms. The molecule has 0 fully saturated rings. The van der Waals surface area contributed by atoms with Crippen LogP contribution in [0, 0.1) is 6.92 Å². The molecular formula is C20H19ClN4O. The molecule has 26 heavy (non-hydrogen) atoms. The third-order valence-corrected chi connectivity index (χ3v) is 4.30. The lowest BCUT2D eigenvalue weighted by atomic mass is 10.2. The zero-order chi connectivity index (χ0) is 18.5. The van der Waals surface area contributed by atoms with Crippen molar-refractivity contribution >= 4 is 35.0 Å². The van der Waals surface area contributed by atoms with E-state index in [1.165, 1.54) is 6.08 Å². The van der Waals surface area contributed by atoms with Gasteiger partial charge in [-0.2, -0.15) is 5.10 Å². The molecule has 0 unspecified atom stereocenters. The first-order valence-electron chi connectivity index (χ1n) is 8.14. The molecule has 0 atom stereocenters. The van der Waals surface area contributed by atoms with Crippen LogP contribution in [0.5, 0.6) is 0 Å². The molecule has 0 bridgehead atoms. The number of carbonyl (C=O) groups is 1. The minimum Gasteiger partial charge on any atom is -0.268 e. The van der Waals surface area contributed by atoms with Crippen LogP contribution >= 0.6 is 11.6 Å². The fourth-order valence-corrected chi connectivity index (χ4v) is 2.81. The van der Waals surface area contributed by atoms with Crippen molar-refractivity contribution in [3.8, 4) is 0 Å². The van der Waals surface area contributed by atoms with Gasteiger partial charge in [0.2, 0.25) is 0 Å². The first kappa shape index (κ1) is 17.8. The van der Waals surface area contributed by atoms with E-state index in [0.29, 0.717) is 5.15 Å². The van der Waals surface area contributed by atoms with Gasteiger partial charge in [0.15, 0.2) is 0 Å². The minimum absolute atomic E-state index is 0.267. The van der Waals surface area contributed by atoms with E-state index in [9.17, 15) is 4.79 Å². The number of aromatic nitrogens is 2. The highest BCUT2D eigenvalue weighted by Gasteiger charge is 2.12. The van der Waals surface area contributed by atoms with E-state index in [-0.39, 0.29) is 5.91 Å². The van der Waals surface area contributed by atoms with Crippen LogP contribution in [0.15, 0.2) is 66.7 Å². The highest BCUT2D eigenvalue weighted by atomic mass is 35.5. The molecule has 0 saturated heterocycles. The highest BCUT2D eigenvalue weighted by molar-refractivity contribution is 6.31. The van der Waals surface area contributed by atoms with Gasteiger partial charge in [-0.1, -0.05) is 48.0 Å². The van der Waals surface area contributed by atoms with Gasteiger partial charge in [-0.05, 0) is 37.3 Å². The maximum absolute atomic E-state index is 12.5. The van der Waals surface area contributed by atoms with E-state index in [4.69, 9.17) is 11.6 Å². The summed E-state index contributed by atoms with van der Waals surface area (Å²) in [5, 5.41) is 6.47. The molecule has 1 aromatic heterocycles. The summed E-state index contributed by atoms with van der Waals surface area (Å²) < 4.78 is 1.58. The zero-order valence-electron chi connectivity index (χ0n) is 14.6. The van der Waals surface area contributed by atoms with Gasteiger partial charge in [0, 0.05) is 18.7 Å². The molecule has 3 rings (SSSR count). The molecule has 1 heterocycles. The van der Waals surface area contributed by atoms with Gasteiger partial charge < -0.3 is 0 Å². The van der Waals surface area contributed by atoms with E-state index in [2.05, 4.69) is 10.5 Å². The van der Waals surface area contributed by atoms with Crippen LogP contribution in [0.3, 0.4) is 0 Å². The molecule has 3 aromatic rings. The van der Waals surface area contributed by atoms with Gasteiger partial charge in [-0.15, -0.1) is 0 Å². The normalized spacial score (nSPS) is 10.9. The van der Waals surface area contributed by atoms with Crippen LogP contribution in [-0.2, 0) is 11.8 Å².